The highest BCUT2D eigenvalue weighted by atomic mass is 79.9. The highest BCUT2D eigenvalue weighted by Gasteiger charge is 2.30. The number of aliphatic hydroxyl groups is 1. The van der Waals surface area contributed by atoms with Gasteiger partial charge in [0.15, 0.2) is 0 Å². The van der Waals surface area contributed by atoms with Crippen LogP contribution in [-0.2, 0) is 22.4 Å². The highest BCUT2D eigenvalue weighted by molar-refractivity contribution is 9.10. The molecule has 0 aliphatic carbocycles. The highest BCUT2D eigenvalue weighted by Crippen LogP contribution is 2.21. The topological polar surface area (TPSA) is 95.9 Å². The Labute approximate surface area is 195 Å². The van der Waals surface area contributed by atoms with Gasteiger partial charge in [0.1, 0.15) is 11.4 Å². The summed E-state index contributed by atoms with van der Waals surface area (Å²) >= 11 is 3.36. The first-order valence-corrected chi connectivity index (χ1v) is 11.1. The van der Waals surface area contributed by atoms with Crippen molar-refractivity contribution in [1.82, 2.24) is 5.32 Å². The van der Waals surface area contributed by atoms with Crippen molar-refractivity contribution in [2.24, 2.45) is 5.92 Å². The molecule has 2 aromatic carbocycles. The number of carbonyl (C=O) groups excluding carboxylic acids is 1. The van der Waals surface area contributed by atoms with Gasteiger partial charge in [-0.05, 0) is 69.4 Å². The first-order valence-electron chi connectivity index (χ1n) is 10.3. The number of amides is 1. The third kappa shape index (κ3) is 8.59. The molecule has 0 bridgehead atoms. The predicted octanol–water partition coefficient (Wildman–Crippen LogP) is 4.72. The monoisotopic (exact) mass is 509 g/mol. The zero-order chi connectivity index (χ0) is 23.9. The van der Waals surface area contributed by atoms with E-state index in [9.17, 15) is 24.2 Å². The zero-order valence-corrected chi connectivity index (χ0v) is 19.9. The number of hydrogen-bond acceptors (Lipinski definition) is 4. The summed E-state index contributed by atoms with van der Waals surface area (Å²) in [4.78, 5) is 24.2. The van der Waals surface area contributed by atoms with Crippen LogP contribution in [0.15, 0.2) is 53.0 Å². The van der Waals surface area contributed by atoms with Gasteiger partial charge in [-0.25, -0.2) is 9.18 Å². The quantitative estimate of drug-likeness (QED) is 0.454. The number of nitrogens with one attached hydrogen (secondary N) is 1. The zero-order valence-electron chi connectivity index (χ0n) is 18.3. The Morgan fingerprint density at radius 1 is 1.09 bits per heavy atom. The van der Waals surface area contributed by atoms with Crippen LogP contribution in [0.5, 0.6) is 0 Å². The van der Waals surface area contributed by atoms with Gasteiger partial charge in [-0.15, -0.1) is 0 Å². The van der Waals surface area contributed by atoms with Crippen molar-refractivity contribution in [3.63, 3.8) is 0 Å². The van der Waals surface area contributed by atoms with Gasteiger partial charge in [-0.3, -0.25) is 4.79 Å². The third-order valence-corrected chi connectivity index (χ3v) is 5.36. The Bertz CT molecular complexity index is 913. The lowest BCUT2D eigenvalue weighted by Crippen LogP contribution is -2.47. The van der Waals surface area contributed by atoms with E-state index in [0.717, 1.165) is 10.0 Å². The minimum atomic E-state index is -1.20. The summed E-state index contributed by atoms with van der Waals surface area (Å²) in [7, 11) is 0. The maximum atomic E-state index is 14.0. The summed E-state index contributed by atoms with van der Waals surface area (Å²) in [6.45, 7) is 5.17. The van der Waals surface area contributed by atoms with Crippen LogP contribution < -0.4 is 5.32 Å². The van der Waals surface area contributed by atoms with Crippen LogP contribution in [0.25, 0.3) is 0 Å². The average molecular weight is 510 g/mol. The molecular weight excluding hydrogens is 481 g/mol. The van der Waals surface area contributed by atoms with Crippen molar-refractivity contribution in [3.05, 3.63) is 69.9 Å². The number of benzene rings is 2. The van der Waals surface area contributed by atoms with Gasteiger partial charge in [0.2, 0.25) is 0 Å². The second kappa shape index (κ2) is 11.4. The molecule has 0 unspecified atom stereocenters. The molecule has 1 amide bonds. The molecule has 2 rings (SSSR count). The number of aliphatic carboxylic acids is 1. The fraction of sp³-hybridized carbons (Fsp3) is 0.417. The van der Waals surface area contributed by atoms with Crippen LogP contribution in [0.4, 0.5) is 9.18 Å². The first-order chi connectivity index (χ1) is 14.9. The molecular formula is C24H29BrFNO5. The molecule has 0 spiro atoms. The number of rotatable bonds is 9. The van der Waals surface area contributed by atoms with Gasteiger partial charge in [-0.2, -0.15) is 0 Å². The molecule has 2 aromatic rings. The normalized spacial score (nSPS) is 14.3. The Morgan fingerprint density at radius 2 is 1.72 bits per heavy atom. The standard InChI is InChI=1S/C24H29BrFNO5/c1-24(2,3)32-23(31)27-20(12-15-8-10-18(25)11-9-15)21(28)14-17(22(29)30)13-16-6-4-5-7-19(16)26/h4-11,17,20-21,28H,12-14H2,1-3H3,(H,27,31)(H,29,30)/t17-,20+,21+/m1/s1. The number of carbonyl (C=O) groups is 2. The van der Waals surface area contributed by atoms with Gasteiger partial charge < -0.3 is 20.3 Å². The lowest BCUT2D eigenvalue weighted by atomic mass is 9.89. The molecule has 0 radical (unpaired) electrons. The molecule has 8 heteroatoms. The van der Waals surface area contributed by atoms with E-state index in [4.69, 9.17) is 4.74 Å². The Morgan fingerprint density at radius 3 is 2.28 bits per heavy atom. The van der Waals surface area contributed by atoms with Crippen LogP contribution in [-0.4, -0.2) is 40.0 Å². The Balaban J connectivity index is 2.18. The molecule has 0 saturated carbocycles. The summed E-state index contributed by atoms with van der Waals surface area (Å²) in [6, 6.07) is 12.5. The minimum absolute atomic E-state index is 0.0729. The number of ether oxygens (including phenoxy) is 1. The molecule has 3 atom stereocenters. The van der Waals surface area contributed by atoms with Crippen molar-refractivity contribution in [3.8, 4) is 0 Å². The summed E-state index contributed by atoms with van der Waals surface area (Å²) in [5.74, 6) is -2.67. The molecule has 3 N–H and O–H groups in total. The van der Waals surface area contributed by atoms with Crippen LogP contribution >= 0.6 is 15.9 Å². The van der Waals surface area contributed by atoms with Gasteiger partial charge >= 0.3 is 12.1 Å². The van der Waals surface area contributed by atoms with Gasteiger partial charge in [0, 0.05) is 4.47 Å². The summed E-state index contributed by atoms with van der Waals surface area (Å²) in [5, 5.41) is 23.2. The fourth-order valence-corrected chi connectivity index (χ4v) is 3.54. The second-order valence-corrected chi connectivity index (χ2v) is 9.63. The number of alkyl carbamates (subject to hydrolysis) is 1. The van der Waals surface area contributed by atoms with E-state index in [1.807, 2.05) is 24.3 Å². The molecule has 32 heavy (non-hydrogen) atoms. The average Bonchev–Trinajstić information content (AvgIpc) is 2.68. The van der Waals surface area contributed by atoms with Crippen LogP contribution in [0.1, 0.15) is 38.3 Å². The van der Waals surface area contributed by atoms with E-state index in [1.54, 1.807) is 26.8 Å². The molecule has 0 aliphatic heterocycles. The molecule has 0 saturated heterocycles. The van der Waals surface area contributed by atoms with Crippen LogP contribution in [0.2, 0.25) is 0 Å². The number of hydrogen-bond donors (Lipinski definition) is 3. The molecule has 0 aromatic heterocycles. The van der Waals surface area contributed by atoms with E-state index < -0.39 is 41.5 Å². The number of carboxylic acid groups (broad SMARTS) is 1. The van der Waals surface area contributed by atoms with Crippen molar-refractivity contribution >= 4 is 28.0 Å². The van der Waals surface area contributed by atoms with Crippen LogP contribution in [0, 0.1) is 11.7 Å². The number of carboxylic acids is 1. The lowest BCUT2D eigenvalue weighted by molar-refractivity contribution is -0.143. The Kier molecular flexibility index (Phi) is 9.21. The lowest BCUT2D eigenvalue weighted by Gasteiger charge is -2.28. The van der Waals surface area contributed by atoms with Gasteiger partial charge in [-0.1, -0.05) is 46.3 Å². The van der Waals surface area contributed by atoms with Gasteiger partial charge in [0.05, 0.1) is 18.1 Å². The number of aliphatic hydroxyl groups excluding tert-OH is 1. The predicted molar refractivity (Wildman–Crippen MR) is 123 cm³/mol. The first kappa shape index (κ1) is 25.8. The van der Waals surface area contributed by atoms with Gasteiger partial charge in [0.25, 0.3) is 0 Å². The molecule has 174 valence electrons. The minimum Gasteiger partial charge on any atom is -0.481 e. The van der Waals surface area contributed by atoms with E-state index >= 15 is 0 Å². The van der Waals surface area contributed by atoms with E-state index in [1.165, 1.54) is 18.2 Å². The molecule has 0 aliphatic rings. The van der Waals surface area contributed by atoms with E-state index in [0.29, 0.717) is 0 Å². The van der Waals surface area contributed by atoms with E-state index in [2.05, 4.69) is 21.2 Å². The number of halogens is 2. The second-order valence-electron chi connectivity index (χ2n) is 8.72. The van der Waals surface area contributed by atoms with Crippen molar-refractivity contribution in [1.29, 1.82) is 0 Å². The summed E-state index contributed by atoms with van der Waals surface area (Å²) < 4.78 is 20.2. The summed E-state index contributed by atoms with van der Waals surface area (Å²) in [6.07, 6.45) is -1.88. The smallest absolute Gasteiger partial charge is 0.407 e. The third-order valence-electron chi connectivity index (χ3n) is 4.83. The van der Waals surface area contributed by atoms with Crippen molar-refractivity contribution < 1.29 is 28.9 Å². The van der Waals surface area contributed by atoms with Crippen molar-refractivity contribution in [2.75, 3.05) is 0 Å². The Hall–Kier alpha value is -2.45. The maximum absolute atomic E-state index is 14.0. The SMILES string of the molecule is CC(C)(C)OC(=O)N[C@@H](Cc1ccc(Br)cc1)[C@@H](O)C[C@@H](Cc1ccccc1F)C(=O)O. The summed E-state index contributed by atoms with van der Waals surface area (Å²) in [5.41, 5.74) is 0.372. The fourth-order valence-electron chi connectivity index (χ4n) is 3.27. The van der Waals surface area contributed by atoms with Crippen LogP contribution in [0.3, 0.4) is 0 Å². The maximum Gasteiger partial charge on any atom is 0.407 e. The molecule has 6 nitrogen and oxygen atoms in total. The van der Waals surface area contributed by atoms with E-state index in [-0.39, 0.29) is 24.8 Å². The van der Waals surface area contributed by atoms with Crippen molar-refractivity contribution in [2.45, 2.75) is 57.8 Å². The molecule has 0 fully saturated rings. The largest absolute Gasteiger partial charge is 0.481 e. The molecule has 0 heterocycles.